The molecule has 0 fully saturated rings. The first kappa shape index (κ1) is 30.2. The summed E-state index contributed by atoms with van der Waals surface area (Å²) in [6, 6.07) is 68.5. The first-order valence-electron chi connectivity index (χ1n) is 17.2. The van der Waals surface area contributed by atoms with Crippen molar-refractivity contribution in [2.24, 2.45) is 0 Å². The van der Waals surface area contributed by atoms with Crippen molar-refractivity contribution in [2.75, 3.05) is 0 Å². The molecule has 0 spiro atoms. The second-order valence-electron chi connectivity index (χ2n) is 12.7. The highest BCUT2D eigenvalue weighted by Gasteiger charge is 2.20. The van der Waals surface area contributed by atoms with E-state index in [4.69, 9.17) is 9.97 Å². The number of hydrogen-bond donors (Lipinski definition) is 0. The molecule has 0 atom stereocenters. The molecule has 7 aromatic carbocycles. The number of rotatable bonds is 7. The average molecular weight is 652 g/mol. The van der Waals surface area contributed by atoms with Crippen LogP contribution in [0.1, 0.15) is 0 Å². The SMILES string of the molecule is c1ccc(-c2ccc(-c3cc(-c4ccc(-c5ccccc5)cc4)cc(-c4nc5c(-c6ccccc6)ccnc5n4-c4ccccc4)c3)cc2)cc1. The smallest absolute Gasteiger partial charge is 0.165 e. The van der Waals surface area contributed by atoms with Crippen molar-refractivity contribution in [1.82, 2.24) is 14.5 Å². The van der Waals surface area contributed by atoms with Gasteiger partial charge in [0.25, 0.3) is 0 Å². The first-order valence-corrected chi connectivity index (χ1v) is 17.2. The van der Waals surface area contributed by atoms with Crippen LogP contribution in [0.25, 0.3) is 83.9 Å². The summed E-state index contributed by atoms with van der Waals surface area (Å²) in [6.45, 7) is 0. The maximum Gasteiger partial charge on any atom is 0.165 e. The predicted molar refractivity (Wildman–Crippen MR) is 211 cm³/mol. The van der Waals surface area contributed by atoms with Crippen LogP contribution in [0.3, 0.4) is 0 Å². The Balaban J connectivity index is 1.25. The minimum atomic E-state index is 0.823. The van der Waals surface area contributed by atoms with Crippen LogP contribution in [0.4, 0.5) is 0 Å². The van der Waals surface area contributed by atoms with Gasteiger partial charge in [0.1, 0.15) is 11.3 Å². The van der Waals surface area contributed by atoms with Gasteiger partial charge in [-0.15, -0.1) is 0 Å². The van der Waals surface area contributed by atoms with Crippen LogP contribution in [-0.2, 0) is 0 Å². The molecule has 0 aliphatic heterocycles. The van der Waals surface area contributed by atoms with Gasteiger partial charge < -0.3 is 0 Å². The zero-order chi connectivity index (χ0) is 34.0. The number of fused-ring (bicyclic) bond motifs is 1. The lowest BCUT2D eigenvalue weighted by atomic mass is 9.93. The van der Waals surface area contributed by atoms with Gasteiger partial charge in [-0.3, -0.25) is 4.57 Å². The average Bonchev–Trinajstić information content (AvgIpc) is 3.62. The van der Waals surface area contributed by atoms with Gasteiger partial charge in [-0.05, 0) is 86.5 Å². The van der Waals surface area contributed by atoms with Crippen LogP contribution < -0.4 is 0 Å². The lowest BCUT2D eigenvalue weighted by Gasteiger charge is -2.14. The Morgan fingerprint density at radius 1 is 0.333 bits per heavy atom. The fraction of sp³-hybridized carbons (Fsp3) is 0. The number of hydrogen-bond acceptors (Lipinski definition) is 2. The highest BCUT2D eigenvalue weighted by Crippen LogP contribution is 2.38. The molecule has 3 nitrogen and oxygen atoms in total. The lowest BCUT2D eigenvalue weighted by molar-refractivity contribution is 1.08. The lowest BCUT2D eigenvalue weighted by Crippen LogP contribution is -1.99. The van der Waals surface area contributed by atoms with Crippen LogP contribution in [-0.4, -0.2) is 14.5 Å². The van der Waals surface area contributed by atoms with E-state index in [1.165, 1.54) is 22.3 Å². The van der Waals surface area contributed by atoms with E-state index in [2.05, 4.69) is 187 Å². The summed E-state index contributed by atoms with van der Waals surface area (Å²) < 4.78 is 2.20. The molecular weight excluding hydrogens is 619 g/mol. The van der Waals surface area contributed by atoms with Crippen LogP contribution in [0.15, 0.2) is 200 Å². The highest BCUT2D eigenvalue weighted by molar-refractivity contribution is 5.94. The molecule has 9 rings (SSSR count). The molecule has 0 radical (unpaired) electrons. The molecule has 0 bridgehead atoms. The monoisotopic (exact) mass is 651 g/mol. The number of nitrogens with zero attached hydrogens (tertiary/aromatic N) is 3. The van der Waals surface area contributed by atoms with E-state index in [1.54, 1.807) is 0 Å². The summed E-state index contributed by atoms with van der Waals surface area (Å²) in [5, 5.41) is 0. The third kappa shape index (κ3) is 5.92. The Kier molecular flexibility index (Phi) is 7.84. The molecule has 2 aromatic heterocycles. The van der Waals surface area contributed by atoms with Gasteiger partial charge in [0.15, 0.2) is 5.65 Å². The topological polar surface area (TPSA) is 30.7 Å². The molecule has 2 heterocycles. The standard InChI is InChI=1S/C48H33N3/c1-5-13-34(14-6-1)36-21-25-38(26-22-36)41-31-42(39-27-23-37(24-28-39)35-15-7-2-8-16-35)33-43(32-41)47-50-46-45(40-17-9-3-10-18-40)29-30-49-48(46)51(47)44-19-11-4-12-20-44/h1-33H. The molecule has 0 saturated carbocycles. The predicted octanol–water partition coefficient (Wildman–Crippen LogP) is 12.4. The summed E-state index contributed by atoms with van der Waals surface area (Å²) in [5.74, 6) is 0.844. The Morgan fingerprint density at radius 2 is 0.725 bits per heavy atom. The van der Waals surface area contributed by atoms with Crippen LogP contribution >= 0.6 is 0 Å². The Hall–Kier alpha value is -6.84. The third-order valence-electron chi connectivity index (χ3n) is 9.49. The molecule has 0 aliphatic rings. The van der Waals surface area contributed by atoms with Crippen molar-refractivity contribution >= 4 is 11.2 Å². The van der Waals surface area contributed by atoms with Crippen molar-refractivity contribution in [3.8, 4) is 72.7 Å². The first-order chi connectivity index (χ1) is 25.3. The van der Waals surface area contributed by atoms with Gasteiger partial charge in [-0.25, -0.2) is 9.97 Å². The number of pyridine rings is 1. The fourth-order valence-electron chi connectivity index (χ4n) is 6.90. The van der Waals surface area contributed by atoms with E-state index in [9.17, 15) is 0 Å². The van der Waals surface area contributed by atoms with Gasteiger partial charge in [-0.2, -0.15) is 0 Å². The van der Waals surface area contributed by atoms with Crippen LogP contribution in [0.5, 0.6) is 0 Å². The molecule has 0 amide bonds. The largest absolute Gasteiger partial charge is 0.277 e. The Labute approximate surface area is 297 Å². The molecule has 0 saturated heterocycles. The summed E-state index contributed by atoms with van der Waals surface area (Å²) in [5.41, 5.74) is 15.2. The van der Waals surface area contributed by atoms with Crippen molar-refractivity contribution in [3.05, 3.63) is 200 Å². The van der Waals surface area contributed by atoms with Crippen LogP contribution in [0.2, 0.25) is 0 Å². The van der Waals surface area contributed by atoms with Gasteiger partial charge in [-0.1, -0.05) is 158 Å². The summed E-state index contributed by atoms with van der Waals surface area (Å²) in [6.07, 6.45) is 1.89. The molecule has 3 heteroatoms. The highest BCUT2D eigenvalue weighted by atomic mass is 15.1. The summed E-state index contributed by atoms with van der Waals surface area (Å²) in [4.78, 5) is 10.3. The molecule has 240 valence electrons. The number of para-hydroxylation sites is 1. The fourth-order valence-corrected chi connectivity index (χ4v) is 6.90. The van der Waals surface area contributed by atoms with E-state index in [0.717, 1.165) is 61.6 Å². The van der Waals surface area contributed by atoms with Crippen LogP contribution in [0, 0.1) is 0 Å². The zero-order valence-corrected chi connectivity index (χ0v) is 27.9. The van der Waals surface area contributed by atoms with E-state index < -0.39 is 0 Å². The summed E-state index contributed by atoms with van der Waals surface area (Å²) >= 11 is 0. The molecular formula is C48H33N3. The summed E-state index contributed by atoms with van der Waals surface area (Å²) in [7, 11) is 0. The van der Waals surface area contributed by atoms with E-state index >= 15 is 0 Å². The Morgan fingerprint density at radius 3 is 1.22 bits per heavy atom. The number of imidazole rings is 1. The minimum Gasteiger partial charge on any atom is -0.277 e. The van der Waals surface area contributed by atoms with Gasteiger partial charge in [0, 0.05) is 23.0 Å². The zero-order valence-electron chi connectivity index (χ0n) is 27.9. The maximum atomic E-state index is 5.41. The second-order valence-corrected chi connectivity index (χ2v) is 12.7. The van der Waals surface area contributed by atoms with E-state index in [0.29, 0.717) is 0 Å². The van der Waals surface area contributed by atoms with Crippen molar-refractivity contribution in [1.29, 1.82) is 0 Å². The van der Waals surface area contributed by atoms with E-state index in [-0.39, 0.29) is 0 Å². The van der Waals surface area contributed by atoms with Crippen molar-refractivity contribution in [2.45, 2.75) is 0 Å². The number of benzene rings is 7. The maximum absolute atomic E-state index is 5.41. The Bertz CT molecular complexity index is 2470. The molecule has 0 unspecified atom stereocenters. The minimum absolute atomic E-state index is 0.823. The van der Waals surface area contributed by atoms with Gasteiger partial charge in [0.2, 0.25) is 0 Å². The molecule has 0 aliphatic carbocycles. The quantitative estimate of drug-likeness (QED) is 0.172. The normalized spacial score (nSPS) is 11.1. The van der Waals surface area contributed by atoms with Crippen molar-refractivity contribution in [3.63, 3.8) is 0 Å². The van der Waals surface area contributed by atoms with E-state index in [1.807, 2.05) is 18.3 Å². The molecule has 51 heavy (non-hydrogen) atoms. The number of aromatic nitrogens is 3. The molecule has 9 aromatic rings. The van der Waals surface area contributed by atoms with Crippen molar-refractivity contribution < 1.29 is 0 Å². The second kappa shape index (κ2) is 13.2. The van der Waals surface area contributed by atoms with Gasteiger partial charge >= 0.3 is 0 Å². The molecule has 0 N–H and O–H groups in total. The van der Waals surface area contributed by atoms with Gasteiger partial charge in [0.05, 0.1) is 0 Å². The third-order valence-corrected chi connectivity index (χ3v) is 9.49.